The molecule has 0 N–H and O–H groups in total. The lowest BCUT2D eigenvalue weighted by Crippen LogP contribution is -2.13. The summed E-state index contributed by atoms with van der Waals surface area (Å²) in [5.41, 5.74) is 1.03. The van der Waals surface area contributed by atoms with E-state index in [0.717, 1.165) is 43.6 Å². The van der Waals surface area contributed by atoms with E-state index in [1.165, 1.54) is 12.3 Å². The Hall–Kier alpha value is -1.11. The van der Waals surface area contributed by atoms with E-state index >= 15 is 0 Å². The zero-order valence-electron chi connectivity index (χ0n) is 13.2. The lowest BCUT2D eigenvalue weighted by atomic mass is 9.77. The lowest BCUT2D eigenvalue weighted by Gasteiger charge is -2.29. The summed E-state index contributed by atoms with van der Waals surface area (Å²) in [5.74, 6) is 4.33. The van der Waals surface area contributed by atoms with Gasteiger partial charge in [0, 0.05) is 5.92 Å². The minimum Gasteiger partial charge on any atom is -0.159 e. The van der Waals surface area contributed by atoms with Crippen LogP contribution in [0, 0.1) is 17.8 Å². The van der Waals surface area contributed by atoms with Crippen molar-refractivity contribution in [1.82, 2.24) is 0 Å². The number of rotatable bonds is 4. The Morgan fingerprint density at radius 2 is 1.71 bits per heavy atom. The molecule has 1 saturated carbocycles. The largest absolute Gasteiger partial charge is 0.458 e. The smallest absolute Gasteiger partial charge is 0.159 e. The number of hydrogen-bond donors (Lipinski definition) is 0. The Labute approximate surface area is 151 Å². The molecule has 0 bridgehead atoms. The highest BCUT2D eigenvalue weighted by molar-refractivity contribution is 6.36. The van der Waals surface area contributed by atoms with Gasteiger partial charge < -0.3 is 0 Å². The van der Waals surface area contributed by atoms with Crippen molar-refractivity contribution in [2.75, 3.05) is 0 Å². The molecular weight excluding hydrogens is 356 g/mol. The first kappa shape index (κ1) is 19.2. The highest BCUT2D eigenvalue weighted by atomic mass is 35.5. The molecule has 0 amide bonds. The first-order valence-electron chi connectivity index (χ1n) is 8.00. The Bertz CT molecular complexity index is 622. The summed E-state index contributed by atoms with van der Waals surface area (Å²) in [6, 6.07) is 3.42. The van der Waals surface area contributed by atoms with Gasteiger partial charge in [0.15, 0.2) is 0 Å². The SMILES string of the molecule is C=CCCC1CCC(c2cc(Cl)c(C#CC(F)(F)F)c(Cl)c2)CC1. The number of hydrogen-bond acceptors (Lipinski definition) is 0. The predicted molar refractivity (Wildman–Crippen MR) is 93.5 cm³/mol. The average Bonchev–Trinajstić information content (AvgIpc) is 2.51. The molecule has 0 heterocycles. The summed E-state index contributed by atoms with van der Waals surface area (Å²) in [5, 5.41) is 0.367. The van der Waals surface area contributed by atoms with E-state index in [4.69, 9.17) is 23.2 Å². The Kier molecular flexibility index (Phi) is 6.66. The van der Waals surface area contributed by atoms with Crippen molar-refractivity contribution in [2.24, 2.45) is 5.92 Å². The van der Waals surface area contributed by atoms with E-state index in [-0.39, 0.29) is 15.6 Å². The zero-order valence-corrected chi connectivity index (χ0v) is 14.7. The summed E-state index contributed by atoms with van der Waals surface area (Å²) in [6.45, 7) is 3.75. The van der Waals surface area contributed by atoms with Gasteiger partial charge in [-0.25, -0.2) is 0 Å². The topological polar surface area (TPSA) is 0 Å². The molecule has 0 atom stereocenters. The van der Waals surface area contributed by atoms with Crippen molar-refractivity contribution in [2.45, 2.75) is 50.6 Å². The van der Waals surface area contributed by atoms with E-state index in [2.05, 4.69) is 6.58 Å². The fourth-order valence-electron chi connectivity index (χ4n) is 3.22. The van der Waals surface area contributed by atoms with Gasteiger partial charge in [0.2, 0.25) is 0 Å². The maximum atomic E-state index is 12.2. The predicted octanol–water partition coefficient (Wildman–Crippen LogP) is 7.15. The molecule has 0 spiro atoms. The van der Waals surface area contributed by atoms with Crippen LogP contribution in [0.4, 0.5) is 13.2 Å². The Balaban J connectivity index is 2.10. The van der Waals surface area contributed by atoms with Gasteiger partial charge in [-0.15, -0.1) is 6.58 Å². The number of benzene rings is 1. The van der Waals surface area contributed by atoms with Gasteiger partial charge >= 0.3 is 6.18 Å². The molecule has 0 aromatic heterocycles. The fraction of sp³-hybridized carbons (Fsp3) is 0.474. The molecule has 130 valence electrons. The molecule has 2 rings (SSSR count). The standard InChI is InChI=1S/C19H19Cl2F3/c1-2-3-4-13-5-7-14(8-6-13)15-11-17(20)16(18(21)12-15)9-10-19(22,23)24/h2,11-14H,1,3-8H2. The number of halogens is 5. The van der Waals surface area contributed by atoms with Crippen LogP contribution in [-0.2, 0) is 0 Å². The highest BCUT2D eigenvalue weighted by Crippen LogP contribution is 2.40. The molecule has 5 heteroatoms. The van der Waals surface area contributed by atoms with Crippen molar-refractivity contribution in [3.05, 3.63) is 46.0 Å². The van der Waals surface area contributed by atoms with Crippen molar-refractivity contribution in [1.29, 1.82) is 0 Å². The van der Waals surface area contributed by atoms with E-state index in [0.29, 0.717) is 5.92 Å². The monoisotopic (exact) mass is 374 g/mol. The average molecular weight is 375 g/mol. The maximum absolute atomic E-state index is 12.2. The van der Waals surface area contributed by atoms with Crippen molar-refractivity contribution >= 4 is 23.2 Å². The first-order chi connectivity index (χ1) is 11.3. The summed E-state index contributed by atoms with van der Waals surface area (Å²) in [6.07, 6.45) is 3.97. The molecule has 0 unspecified atom stereocenters. The lowest BCUT2D eigenvalue weighted by molar-refractivity contribution is -0.0696. The van der Waals surface area contributed by atoms with Crippen LogP contribution in [0.5, 0.6) is 0 Å². The van der Waals surface area contributed by atoms with E-state index < -0.39 is 6.18 Å². The summed E-state index contributed by atoms with van der Waals surface area (Å²) in [4.78, 5) is 0. The molecule has 0 radical (unpaired) electrons. The van der Waals surface area contributed by atoms with Gasteiger partial charge in [0.05, 0.1) is 15.6 Å². The third kappa shape index (κ3) is 5.46. The second-order valence-corrected chi connectivity index (χ2v) is 7.01. The third-order valence-corrected chi connectivity index (χ3v) is 5.09. The van der Waals surface area contributed by atoms with Crippen LogP contribution in [0.25, 0.3) is 0 Å². The van der Waals surface area contributed by atoms with Crippen LogP contribution in [-0.4, -0.2) is 6.18 Å². The van der Waals surface area contributed by atoms with Crippen LogP contribution in [0.2, 0.25) is 10.0 Å². The van der Waals surface area contributed by atoms with Gasteiger partial charge in [-0.3, -0.25) is 0 Å². The summed E-state index contributed by atoms with van der Waals surface area (Å²) >= 11 is 12.2. The second-order valence-electron chi connectivity index (χ2n) is 6.19. The number of alkyl halides is 3. The molecule has 0 saturated heterocycles. The van der Waals surface area contributed by atoms with Gasteiger partial charge in [0.1, 0.15) is 0 Å². The van der Waals surface area contributed by atoms with Crippen LogP contribution in [0.15, 0.2) is 24.8 Å². The van der Waals surface area contributed by atoms with E-state index in [1.807, 2.05) is 12.0 Å². The molecule has 1 aromatic rings. The van der Waals surface area contributed by atoms with Gasteiger partial charge in [-0.05, 0) is 68.1 Å². The van der Waals surface area contributed by atoms with Gasteiger partial charge in [0.25, 0.3) is 0 Å². The third-order valence-electron chi connectivity index (χ3n) is 4.49. The second kappa shape index (κ2) is 8.32. The maximum Gasteiger partial charge on any atom is 0.458 e. The molecule has 24 heavy (non-hydrogen) atoms. The minimum absolute atomic E-state index is 0.0408. The van der Waals surface area contributed by atoms with Crippen LogP contribution in [0.1, 0.15) is 55.6 Å². The highest BCUT2D eigenvalue weighted by Gasteiger charge is 2.25. The molecule has 0 nitrogen and oxygen atoms in total. The Morgan fingerprint density at radius 3 is 2.21 bits per heavy atom. The van der Waals surface area contributed by atoms with Crippen molar-refractivity contribution in [3.63, 3.8) is 0 Å². The normalized spacial score (nSPS) is 21.0. The molecule has 1 aromatic carbocycles. The molecule has 0 aliphatic heterocycles. The van der Waals surface area contributed by atoms with Crippen molar-refractivity contribution < 1.29 is 13.2 Å². The molecule has 1 aliphatic rings. The molecule has 1 aliphatic carbocycles. The molecular formula is C19H19Cl2F3. The van der Waals surface area contributed by atoms with Crippen LogP contribution in [0.3, 0.4) is 0 Å². The fourth-order valence-corrected chi connectivity index (χ4v) is 3.82. The zero-order chi connectivity index (χ0) is 17.7. The number of allylic oxidation sites excluding steroid dienone is 1. The van der Waals surface area contributed by atoms with Crippen molar-refractivity contribution in [3.8, 4) is 11.8 Å². The summed E-state index contributed by atoms with van der Waals surface area (Å²) < 4.78 is 36.7. The quantitative estimate of drug-likeness (QED) is 0.387. The van der Waals surface area contributed by atoms with Gasteiger partial charge in [-0.1, -0.05) is 35.2 Å². The van der Waals surface area contributed by atoms with Crippen LogP contribution >= 0.6 is 23.2 Å². The van der Waals surface area contributed by atoms with Gasteiger partial charge in [-0.2, -0.15) is 13.2 Å². The van der Waals surface area contributed by atoms with Crippen LogP contribution < -0.4 is 0 Å². The molecule has 1 fully saturated rings. The first-order valence-corrected chi connectivity index (χ1v) is 8.75. The summed E-state index contributed by atoms with van der Waals surface area (Å²) in [7, 11) is 0. The Morgan fingerprint density at radius 1 is 1.12 bits per heavy atom. The van der Waals surface area contributed by atoms with E-state index in [1.54, 1.807) is 12.1 Å². The minimum atomic E-state index is -4.56. The van der Waals surface area contributed by atoms with E-state index in [9.17, 15) is 13.2 Å².